The van der Waals surface area contributed by atoms with Crippen LogP contribution in [0.3, 0.4) is 0 Å². The number of sulfonamides is 1. The Morgan fingerprint density at radius 3 is 2.25 bits per heavy atom. The van der Waals surface area contributed by atoms with E-state index in [0.29, 0.717) is 17.0 Å². The molecule has 0 radical (unpaired) electrons. The van der Waals surface area contributed by atoms with Gasteiger partial charge in [-0.2, -0.15) is 0 Å². The molecule has 0 aliphatic carbocycles. The number of rotatable bonds is 8. The van der Waals surface area contributed by atoms with E-state index in [1.165, 1.54) is 56.5 Å². The Morgan fingerprint density at radius 2 is 1.66 bits per heavy atom. The van der Waals surface area contributed by atoms with Gasteiger partial charge < -0.3 is 10.1 Å². The number of amides is 1. The van der Waals surface area contributed by atoms with Gasteiger partial charge in [0.15, 0.2) is 5.78 Å². The van der Waals surface area contributed by atoms with Crippen LogP contribution in [0.15, 0.2) is 77.7 Å². The molecule has 3 rings (SSSR count). The smallest absolute Gasteiger partial charge is 0.264 e. The Balaban J connectivity index is 1.92. The van der Waals surface area contributed by atoms with E-state index < -0.39 is 28.3 Å². The number of methoxy groups -OCH3 is 1. The van der Waals surface area contributed by atoms with Crippen molar-refractivity contribution in [3.63, 3.8) is 0 Å². The Kier molecular flexibility index (Phi) is 6.89. The summed E-state index contributed by atoms with van der Waals surface area (Å²) in [5, 5.41) is 2.60. The second-order valence-corrected chi connectivity index (χ2v) is 8.71. The first-order chi connectivity index (χ1) is 15.2. The lowest BCUT2D eigenvalue weighted by Gasteiger charge is -2.24. The van der Waals surface area contributed by atoms with Crippen LogP contribution in [0.25, 0.3) is 0 Å². The van der Waals surface area contributed by atoms with Crippen LogP contribution < -0.4 is 14.4 Å². The third-order valence-electron chi connectivity index (χ3n) is 4.60. The van der Waals surface area contributed by atoms with E-state index >= 15 is 0 Å². The quantitative estimate of drug-likeness (QED) is 0.520. The number of benzene rings is 3. The maximum absolute atomic E-state index is 13.4. The lowest BCUT2D eigenvalue weighted by Crippen LogP contribution is -2.38. The van der Waals surface area contributed by atoms with Crippen molar-refractivity contribution in [1.29, 1.82) is 0 Å². The van der Waals surface area contributed by atoms with Crippen molar-refractivity contribution in [3.8, 4) is 5.75 Å². The zero-order valence-electron chi connectivity index (χ0n) is 17.4. The SMILES string of the molecule is COc1ccc(S(=O)(=O)N(CC(=O)Nc2cccc(C(C)=O)c2)c2ccc(F)cc2)cc1. The van der Waals surface area contributed by atoms with Crippen molar-refractivity contribution in [3.05, 3.63) is 84.2 Å². The molecule has 3 aromatic rings. The van der Waals surface area contributed by atoms with Gasteiger partial charge in [-0.05, 0) is 67.6 Å². The molecule has 0 aromatic heterocycles. The molecule has 0 saturated carbocycles. The van der Waals surface area contributed by atoms with Crippen molar-refractivity contribution in [2.45, 2.75) is 11.8 Å². The third kappa shape index (κ3) is 5.30. The van der Waals surface area contributed by atoms with Gasteiger partial charge in [0.1, 0.15) is 18.1 Å². The summed E-state index contributed by atoms with van der Waals surface area (Å²) in [6.07, 6.45) is 0. The Hall–Kier alpha value is -3.72. The molecule has 9 heteroatoms. The number of ether oxygens (including phenoxy) is 1. The number of anilines is 2. The zero-order valence-corrected chi connectivity index (χ0v) is 18.2. The fourth-order valence-corrected chi connectivity index (χ4v) is 4.37. The number of ketones is 1. The van der Waals surface area contributed by atoms with Gasteiger partial charge in [-0.15, -0.1) is 0 Å². The second kappa shape index (κ2) is 9.61. The maximum atomic E-state index is 13.4. The average molecular weight is 456 g/mol. The largest absolute Gasteiger partial charge is 0.497 e. The Labute approximate surface area is 185 Å². The highest BCUT2D eigenvalue weighted by Crippen LogP contribution is 2.25. The summed E-state index contributed by atoms with van der Waals surface area (Å²) in [6, 6.07) is 16.8. The van der Waals surface area contributed by atoms with Crippen molar-refractivity contribution >= 4 is 33.1 Å². The van der Waals surface area contributed by atoms with E-state index in [1.807, 2.05) is 0 Å². The van der Waals surface area contributed by atoms with Crippen LogP contribution in [0, 0.1) is 5.82 Å². The number of carbonyl (C=O) groups is 2. The first-order valence-electron chi connectivity index (χ1n) is 9.54. The molecule has 0 unspecified atom stereocenters. The molecule has 0 aliphatic rings. The van der Waals surface area contributed by atoms with Crippen LogP contribution >= 0.6 is 0 Å². The summed E-state index contributed by atoms with van der Waals surface area (Å²) < 4.78 is 46.0. The standard InChI is InChI=1S/C23H21FN2O5S/c1-16(27)17-4-3-5-19(14-17)25-23(28)15-26(20-8-6-18(24)7-9-20)32(29,30)22-12-10-21(31-2)11-13-22/h3-14H,15H2,1-2H3,(H,25,28). The summed E-state index contributed by atoms with van der Waals surface area (Å²) in [5.41, 5.74) is 0.877. The molecule has 1 amide bonds. The fraction of sp³-hybridized carbons (Fsp3) is 0.130. The zero-order chi connectivity index (χ0) is 23.3. The van der Waals surface area contributed by atoms with Crippen LogP contribution in [-0.2, 0) is 14.8 Å². The van der Waals surface area contributed by atoms with Gasteiger partial charge in [-0.1, -0.05) is 12.1 Å². The van der Waals surface area contributed by atoms with E-state index in [2.05, 4.69) is 5.32 Å². The Bertz CT molecular complexity index is 1230. The van der Waals surface area contributed by atoms with Gasteiger partial charge in [-0.3, -0.25) is 13.9 Å². The lowest BCUT2D eigenvalue weighted by atomic mass is 10.1. The number of hydrogen-bond acceptors (Lipinski definition) is 5. The van der Waals surface area contributed by atoms with Crippen LogP contribution in [0.2, 0.25) is 0 Å². The topological polar surface area (TPSA) is 92.8 Å². The van der Waals surface area contributed by atoms with Gasteiger partial charge in [0, 0.05) is 11.3 Å². The van der Waals surface area contributed by atoms with Crippen molar-refractivity contribution in [2.24, 2.45) is 0 Å². The van der Waals surface area contributed by atoms with Gasteiger partial charge in [0.2, 0.25) is 5.91 Å². The highest BCUT2D eigenvalue weighted by molar-refractivity contribution is 7.92. The molecule has 0 fully saturated rings. The molecule has 0 spiro atoms. The van der Waals surface area contributed by atoms with Crippen LogP contribution in [0.1, 0.15) is 17.3 Å². The predicted molar refractivity (Wildman–Crippen MR) is 119 cm³/mol. The molecular formula is C23H21FN2O5S. The highest BCUT2D eigenvalue weighted by atomic mass is 32.2. The van der Waals surface area contributed by atoms with Gasteiger partial charge in [-0.25, -0.2) is 12.8 Å². The van der Waals surface area contributed by atoms with E-state index in [4.69, 9.17) is 4.74 Å². The van der Waals surface area contributed by atoms with Crippen molar-refractivity contribution < 1.29 is 27.1 Å². The van der Waals surface area contributed by atoms with E-state index in [0.717, 1.165) is 16.4 Å². The summed E-state index contributed by atoms with van der Waals surface area (Å²) in [5.74, 6) is -0.871. The lowest BCUT2D eigenvalue weighted by molar-refractivity contribution is -0.114. The van der Waals surface area contributed by atoms with E-state index in [-0.39, 0.29) is 16.4 Å². The van der Waals surface area contributed by atoms with Crippen LogP contribution in [0.4, 0.5) is 15.8 Å². The maximum Gasteiger partial charge on any atom is 0.264 e. The summed E-state index contributed by atoms with van der Waals surface area (Å²) in [4.78, 5) is 24.2. The number of carbonyl (C=O) groups excluding carboxylic acids is 2. The van der Waals surface area contributed by atoms with Gasteiger partial charge >= 0.3 is 0 Å². The number of halogens is 1. The molecule has 0 atom stereocenters. The number of hydrogen-bond donors (Lipinski definition) is 1. The average Bonchev–Trinajstić information content (AvgIpc) is 2.78. The van der Waals surface area contributed by atoms with E-state index in [1.54, 1.807) is 18.2 Å². The fourth-order valence-electron chi connectivity index (χ4n) is 2.94. The third-order valence-corrected chi connectivity index (χ3v) is 6.39. The Morgan fingerprint density at radius 1 is 1.00 bits per heavy atom. The molecule has 0 bridgehead atoms. The molecule has 166 valence electrons. The van der Waals surface area contributed by atoms with Crippen molar-refractivity contribution in [2.75, 3.05) is 23.3 Å². The van der Waals surface area contributed by atoms with Gasteiger partial charge in [0.25, 0.3) is 10.0 Å². The molecular weight excluding hydrogens is 435 g/mol. The minimum absolute atomic E-state index is 0.0611. The molecule has 1 N–H and O–H groups in total. The number of nitrogens with zero attached hydrogens (tertiary/aromatic N) is 1. The molecule has 7 nitrogen and oxygen atoms in total. The summed E-state index contributed by atoms with van der Waals surface area (Å²) in [7, 11) is -2.70. The van der Waals surface area contributed by atoms with E-state index in [9.17, 15) is 22.4 Å². The van der Waals surface area contributed by atoms with Crippen molar-refractivity contribution in [1.82, 2.24) is 0 Å². The monoisotopic (exact) mass is 456 g/mol. The summed E-state index contributed by atoms with van der Waals surface area (Å²) >= 11 is 0. The van der Waals surface area contributed by atoms with Crippen LogP contribution in [-0.4, -0.2) is 33.8 Å². The summed E-state index contributed by atoms with van der Waals surface area (Å²) in [6.45, 7) is 0.836. The predicted octanol–water partition coefficient (Wildman–Crippen LogP) is 3.87. The second-order valence-electron chi connectivity index (χ2n) is 6.85. The molecule has 0 heterocycles. The first-order valence-corrected chi connectivity index (χ1v) is 11.0. The molecule has 3 aromatic carbocycles. The van der Waals surface area contributed by atoms with Crippen LogP contribution in [0.5, 0.6) is 5.75 Å². The molecule has 0 aliphatic heterocycles. The highest BCUT2D eigenvalue weighted by Gasteiger charge is 2.27. The normalized spacial score (nSPS) is 11.0. The number of nitrogens with one attached hydrogen (secondary N) is 1. The first kappa shape index (κ1) is 23.0. The minimum Gasteiger partial charge on any atom is -0.497 e. The minimum atomic E-state index is -4.16. The molecule has 0 saturated heterocycles. The number of Topliss-reactive ketones (excluding diaryl/α,β-unsaturated/α-hetero) is 1. The molecule has 32 heavy (non-hydrogen) atoms. The van der Waals surface area contributed by atoms with Gasteiger partial charge in [0.05, 0.1) is 17.7 Å².